The predicted octanol–water partition coefficient (Wildman–Crippen LogP) is 1.90. The van der Waals surface area contributed by atoms with Crippen molar-refractivity contribution in [3.63, 3.8) is 0 Å². The van der Waals surface area contributed by atoms with Crippen molar-refractivity contribution in [1.82, 2.24) is 5.32 Å². The van der Waals surface area contributed by atoms with E-state index in [-0.39, 0.29) is 17.7 Å². The molecule has 76 valence electrons. The number of hydrogen-bond donors (Lipinski definition) is 2. The van der Waals surface area contributed by atoms with Gasteiger partial charge < -0.3 is 10.4 Å². The van der Waals surface area contributed by atoms with Crippen LogP contribution in [0.2, 0.25) is 0 Å². The average Bonchev–Trinajstić information content (AvgIpc) is 2.08. The summed E-state index contributed by atoms with van der Waals surface area (Å²) in [6.45, 7) is 5.14. The lowest BCUT2D eigenvalue weighted by Crippen LogP contribution is -2.23. The highest BCUT2D eigenvalue weighted by atomic mass is 16.3. The summed E-state index contributed by atoms with van der Waals surface area (Å²) in [6, 6.07) is 5.35. The number of carbonyl (C=O) groups is 1. The zero-order valence-corrected chi connectivity index (χ0v) is 8.66. The van der Waals surface area contributed by atoms with Crippen LogP contribution in [-0.4, -0.2) is 11.0 Å². The number of phenolic OH excluding ortho intramolecular Hbond substituents is 1. The number of para-hydroxylation sites is 1. The second kappa shape index (κ2) is 4.13. The van der Waals surface area contributed by atoms with Gasteiger partial charge in [-0.15, -0.1) is 0 Å². The van der Waals surface area contributed by atoms with Gasteiger partial charge in [0.05, 0.1) is 6.04 Å². The van der Waals surface area contributed by atoms with Crippen LogP contribution < -0.4 is 5.32 Å². The third-order valence-corrected chi connectivity index (χ3v) is 2.16. The molecule has 2 N–H and O–H groups in total. The summed E-state index contributed by atoms with van der Waals surface area (Å²) in [4.78, 5) is 10.8. The van der Waals surface area contributed by atoms with Gasteiger partial charge in [0.25, 0.3) is 0 Å². The predicted molar refractivity (Wildman–Crippen MR) is 55.1 cm³/mol. The van der Waals surface area contributed by atoms with Gasteiger partial charge in [0, 0.05) is 12.5 Å². The molecule has 14 heavy (non-hydrogen) atoms. The molecule has 0 bridgehead atoms. The maximum Gasteiger partial charge on any atom is 0.217 e. The number of phenols is 1. The molecule has 1 unspecified atom stereocenters. The number of benzene rings is 1. The minimum atomic E-state index is -0.160. The highest BCUT2D eigenvalue weighted by Crippen LogP contribution is 2.26. The lowest BCUT2D eigenvalue weighted by molar-refractivity contribution is -0.119. The van der Waals surface area contributed by atoms with Crippen LogP contribution in [0.25, 0.3) is 0 Å². The van der Waals surface area contributed by atoms with Crippen LogP contribution in [0, 0.1) is 6.92 Å². The van der Waals surface area contributed by atoms with E-state index in [1.165, 1.54) is 6.92 Å². The van der Waals surface area contributed by atoms with Crippen molar-refractivity contribution < 1.29 is 9.90 Å². The molecule has 3 heteroatoms. The molecule has 0 heterocycles. The number of hydrogen-bond acceptors (Lipinski definition) is 2. The maximum absolute atomic E-state index is 10.8. The summed E-state index contributed by atoms with van der Waals surface area (Å²) >= 11 is 0. The van der Waals surface area contributed by atoms with Gasteiger partial charge in [0.2, 0.25) is 5.91 Å². The number of rotatable bonds is 2. The molecule has 0 radical (unpaired) electrons. The molecule has 1 atom stereocenters. The third-order valence-electron chi connectivity index (χ3n) is 2.16. The van der Waals surface area contributed by atoms with Crippen molar-refractivity contribution in [2.24, 2.45) is 0 Å². The molecule has 3 nitrogen and oxygen atoms in total. The van der Waals surface area contributed by atoms with E-state index in [9.17, 15) is 9.90 Å². The van der Waals surface area contributed by atoms with E-state index < -0.39 is 0 Å². The van der Waals surface area contributed by atoms with E-state index in [1.807, 2.05) is 32.0 Å². The standard InChI is InChI=1S/C11H15NO2/c1-7-5-4-6-10(11(7)14)8(2)12-9(3)13/h4-6,8,14H,1-3H3,(H,12,13). The Morgan fingerprint density at radius 3 is 2.71 bits per heavy atom. The molecule has 0 spiro atoms. The van der Waals surface area contributed by atoms with Crippen LogP contribution >= 0.6 is 0 Å². The molecular weight excluding hydrogens is 178 g/mol. The monoisotopic (exact) mass is 193 g/mol. The van der Waals surface area contributed by atoms with Crippen LogP contribution in [0.1, 0.15) is 31.0 Å². The zero-order valence-electron chi connectivity index (χ0n) is 8.66. The normalized spacial score (nSPS) is 12.2. The van der Waals surface area contributed by atoms with Crippen LogP contribution in [0.3, 0.4) is 0 Å². The topological polar surface area (TPSA) is 49.3 Å². The van der Waals surface area contributed by atoms with Crippen molar-refractivity contribution in [3.8, 4) is 5.75 Å². The molecule has 1 rings (SSSR count). The van der Waals surface area contributed by atoms with Gasteiger partial charge in [-0.3, -0.25) is 4.79 Å². The van der Waals surface area contributed by atoms with Crippen molar-refractivity contribution in [1.29, 1.82) is 0 Å². The summed E-state index contributed by atoms with van der Waals surface area (Å²) in [6.07, 6.45) is 0. The van der Waals surface area contributed by atoms with E-state index in [2.05, 4.69) is 5.32 Å². The van der Waals surface area contributed by atoms with Gasteiger partial charge in [-0.25, -0.2) is 0 Å². The third kappa shape index (κ3) is 2.25. The van der Waals surface area contributed by atoms with Crippen molar-refractivity contribution in [3.05, 3.63) is 29.3 Å². The Morgan fingerprint density at radius 2 is 2.14 bits per heavy atom. The van der Waals surface area contributed by atoms with Gasteiger partial charge in [0.1, 0.15) is 5.75 Å². The van der Waals surface area contributed by atoms with Crippen LogP contribution in [-0.2, 0) is 4.79 Å². The Labute approximate surface area is 83.8 Å². The second-order valence-corrected chi connectivity index (χ2v) is 3.43. The van der Waals surface area contributed by atoms with Crippen molar-refractivity contribution in [2.45, 2.75) is 26.8 Å². The maximum atomic E-state index is 10.8. The van der Waals surface area contributed by atoms with Gasteiger partial charge >= 0.3 is 0 Å². The molecule has 0 aliphatic rings. The number of amides is 1. The van der Waals surface area contributed by atoms with Crippen molar-refractivity contribution >= 4 is 5.91 Å². The summed E-state index contributed by atoms with van der Waals surface area (Å²) in [5.41, 5.74) is 1.57. The summed E-state index contributed by atoms with van der Waals surface area (Å²) in [5.74, 6) is 0.159. The Morgan fingerprint density at radius 1 is 1.50 bits per heavy atom. The lowest BCUT2D eigenvalue weighted by Gasteiger charge is -2.15. The summed E-state index contributed by atoms with van der Waals surface area (Å²) in [7, 11) is 0. The van der Waals surface area contributed by atoms with Crippen LogP contribution in [0.5, 0.6) is 5.75 Å². The average molecular weight is 193 g/mol. The van der Waals surface area contributed by atoms with Gasteiger partial charge in [-0.2, -0.15) is 0 Å². The highest BCUT2D eigenvalue weighted by Gasteiger charge is 2.11. The smallest absolute Gasteiger partial charge is 0.217 e. The Kier molecular flexibility index (Phi) is 3.12. The first-order valence-electron chi connectivity index (χ1n) is 4.58. The van der Waals surface area contributed by atoms with E-state index >= 15 is 0 Å². The first-order valence-corrected chi connectivity index (χ1v) is 4.58. The number of nitrogens with one attached hydrogen (secondary N) is 1. The molecule has 1 aromatic carbocycles. The van der Waals surface area contributed by atoms with Crippen molar-refractivity contribution in [2.75, 3.05) is 0 Å². The zero-order chi connectivity index (χ0) is 10.7. The van der Waals surface area contributed by atoms with Crippen LogP contribution in [0.4, 0.5) is 0 Å². The molecule has 0 saturated heterocycles. The molecule has 0 saturated carbocycles. The quantitative estimate of drug-likeness (QED) is 0.753. The molecular formula is C11H15NO2. The SMILES string of the molecule is CC(=O)NC(C)c1cccc(C)c1O. The largest absolute Gasteiger partial charge is 0.507 e. The van der Waals surface area contributed by atoms with E-state index in [1.54, 1.807) is 0 Å². The first-order chi connectivity index (χ1) is 6.52. The molecule has 0 aromatic heterocycles. The Bertz CT molecular complexity index is 347. The Balaban J connectivity index is 2.95. The fraction of sp³-hybridized carbons (Fsp3) is 0.364. The second-order valence-electron chi connectivity index (χ2n) is 3.43. The van der Waals surface area contributed by atoms with E-state index in [0.717, 1.165) is 11.1 Å². The minimum absolute atomic E-state index is 0.0987. The molecule has 0 aliphatic heterocycles. The van der Waals surface area contributed by atoms with Gasteiger partial charge in [-0.05, 0) is 19.4 Å². The van der Waals surface area contributed by atoms with Gasteiger partial charge in [0.15, 0.2) is 0 Å². The first kappa shape index (κ1) is 10.6. The molecule has 0 fully saturated rings. The lowest BCUT2D eigenvalue weighted by atomic mass is 10.0. The molecule has 1 amide bonds. The number of carbonyl (C=O) groups excluding carboxylic acids is 1. The highest BCUT2D eigenvalue weighted by molar-refractivity contribution is 5.73. The fourth-order valence-corrected chi connectivity index (χ4v) is 1.41. The summed E-state index contributed by atoms with van der Waals surface area (Å²) < 4.78 is 0. The minimum Gasteiger partial charge on any atom is -0.507 e. The Hall–Kier alpha value is -1.51. The van der Waals surface area contributed by atoms with Crippen LogP contribution in [0.15, 0.2) is 18.2 Å². The van der Waals surface area contributed by atoms with E-state index in [0.29, 0.717) is 0 Å². The number of aromatic hydroxyl groups is 1. The molecule has 0 aliphatic carbocycles. The van der Waals surface area contributed by atoms with E-state index in [4.69, 9.17) is 0 Å². The molecule has 1 aromatic rings. The summed E-state index contributed by atoms with van der Waals surface area (Å²) in [5, 5.41) is 12.5. The fourth-order valence-electron chi connectivity index (χ4n) is 1.41. The van der Waals surface area contributed by atoms with Gasteiger partial charge in [-0.1, -0.05) is 18.2 Å². The number of aryl methyl sites for hydroxylation is 1.